The topological polar surface area (TPSA) is 63.1 Å². The van der Waals surface area contributed by atoms with Gasteiger partial charge in [-0.25, -0.2) is 0 Å². The highest BCUT2D eigenvalue weighted by Gasteiger charge is 2.25. The number of carbonyl (C=O) groups excluding carboxylic acids is 1. The number of thioether (sulfide) groups is 1. The van der Waals surface area contributed by atoms with E-state index in [2.05, 4.69) is 61.6 Å². The Morgan fingerprint density at radius 2 is 1.97 bits per heavy atom. The molecular weight excluding hydrogens is 438 g/mol. The summed E-state index contributed by atoms with van der Waals surface area (Å²) in [6.07, 6.45) is 2.45. The van der Waals surface area contributed by atoms with Crippen LogP contribution in [0.2, 0.25) is 0 Å². The largest absolute Gasteiger partial charge is 0.353 e. The van der Waals surface area contributed by atoms with Crippen LogP contribution >= 0.6 is 23.1 Å². The number of hydrogen-bond donors (Lipinski definition) is 1. The fourth-order valence-electron chi connectivity index (χ4n) is 4.04. The standard InChI is InChI=1S/C24H31N5OS2/c1-18-10-12-28(13-11-18)21(22-9-6-14-31-22)15-25-23(30)17-32-24-27-26-19(2)29(24)16-20-7-4-3-5-8-20/h3-9,14,18,21H,10-13,15-17H2,1-2H3,(H,25,30). The molecule has 4 rings (SSSR count). The van der Waals surface area contributed by atoms with E-state index in [9.17, 15) is 4.79 Å². The van der Waals surface area contributed by atoms with Crippen LogP contribution in [0.25, 0.3) is 0 Å². The molecule has 0 bridgehead atoms. The minimum atomic E-state index is 0.0360. The number of benzene rings is 1. The van der Waals surface area contributed by atoms with Crippen molar-refractivity contribution in [3.63, 3.8) is 0 Å². The van der Waals surface area contributed by atoms with Crippen molar-refractivity contribution in [1.29, 1.82) is 0 Å². The van der Waals surface area contributed by atoms with E-state index in [1.54, 1.807) is 11.3 Å². The van der Waals surface area contributed by atoms with Gasteiger partial charge in [-0.3, -0.25) is 9.69 Å². The average molecular weight is 470 g/mol. The molecule has 0 spiro atoms. The summed E-state index contributed by atoms with van der Waals surface area (Å²) in [6, 6.07) is 14.8. The summed E-state index contributed by atoms with van der Waals surface area (Å²) in [5.41, 5.74) is 1.19. The van der Waals surface area contributed by atoms with Gasteiger partial charge in [-0.2, -0.15) is 0 Å². The maximum atomic E-state index is 12.7. The van der Waals surface area contributed by atoms with Crippen molar-refractivity contribution in [2.24, 2.45) is 5.92 Å². The van der Waals surface area contributed by atoms with Gasteiger partial charge in [0, 0.05) is 11.4 Å². The van der Waals surface area contributed by atoms with Crippen LogP contribution in [0.15, 0.2) is 53.0 Å². The van der Waals surface area contributed by atoms with Crippen molar-refractivity contribution >= 4 is 29.0 Å². The third kappa shape index (κ3) is 5.99. The summed E-state index contributed by atoms with van der Waals surface area (Å²) in [7, 11) is 0. The third-order valence-corrected chi connectivity index (χ3v) is 7.98. The zero-order chi connectivity index (χ0) is 22.3. The Labute approximate surface area is 198 Å². The number of piperidine rings is 1. The van der Waals surface area contributed by atoms with Crippen molar-refractivity contribution in [3.05, 3.63) is 64.1 Å². The van der Waals surface area contributed by atoms with Crippen LogP contribution < -0.4 is 5.32 Å². The number of nitrogens with zero attached hydrogens (tertiary/aromatic N) is 4. The summed E-state index contributed by atoms with van der Waals surface area (Å²) in [5.74, 6) is 2.02. The number of aryl methyl sites for hydroxylation is 1. The maximum Gasteiger partial charge on any atom is 0.230 e. The molecule has 0 radical (unpaired) electrons. The SMILES string of the molecule is Cc1nnc(SCC(=O)NCC(c2cccs2)N2CCC(C)CC2)n1Cc1ccccc1. The molecule has 6 nitrogen and oxygen atoms in total. The number of hydrogen-bond acceptors (Lipinski definition) is 6. The molecule has 1 atom stereocenters. The average Bonchev–Trinajstić information content (AvgIpc) is 3.45. The summed E-state index contributed by atoms with van der Waals surface area (Å²) in [4.78, 5) is 16.5. The Morgan fingerprint density at radius 3 is 2.69 bits per heavy atom. The lowest BCUT2D eigenvalue weighted by atomic mass is 9.97. The lowest BCUT2D eigenvalue weighted by molar-refractivity contribution is -0.118. The highest BCUT2D eigenvalue weighted by atomic mass is 32.2. The van der Waals surface area contributed by atoms with Crippen molar-refractivity contribution in [3.8, 4) is 0 Å². The fourth-order valence-corrected chi connectivity index (χ4v) is 5.71. The summed E-state index contributed by atoms with van der Waals surface area (Å²) < 4.78 is 2.07. The van der Waals surface area contributed by atoms with Gasteiger partial charge in [-0.15, -0.1) is 21.5 Å². The van der Waals surface area contributed by atoms with Crippen molar-refractivity contribution in [2.75, 3.05) is 25.4 Å². The molecule has 2 aromatic heterocycles. The lowest BCUT2D eigenvalue weighted by Gasteiger charge is -2.36. The first kappa shape index (κ1) is 23.0. The minimum absolute atomic E-state index is 0.0360. The van der Waals surface area contributed by atoms with Crippen LogP contribution in [-0.2, 0) is 11.3 Å². The molecule has 32 heavy (non-hydrogen) atoms. The maximum absolute atomic E-state index is 12.7. The van der Waals surface area contributed by atoms with E-state index in [0.29, 0.717) is 18.8 Å². The zero-order valence-corrected chi connectivity index (χ0v) is 20.4. The van der Waals surface area contributed by atoms with E-state index in [0.717, 1.165) is 30.0 Å². The van der Waals surface area contributed by atoms with E-state index < -0.39 is 0 Å². The van der Waals surface area contributed by atoms with Crippen LogP contribution in [0, 0.1) is 12.8 Å². The normalized spacial score (nSPS) is 16.2. The highest BCUT2D eigenvalue weighted by Crippen LogP contribution is 2.29. The Hall–Kier alpha value is -2.16. The van der Waals surface area contributed by atoms with Gasteiger partial charge < -0.3 is 9.88 Å². The Balaban J connectivity index is 1.33. The van der Waals surface area contributed by atoms with Crippen molar-refractivity contribution < 1.29 is 4.79 Å². The van der Waals surface area contributed by atoms with E-state index in [-0.39, 0.29) is 11.9 Å². The van der Waals surface area contributed by atoms with Gasteiger partial charge >= 0.3 is 0 Å². The predicted molar refractivity (Wildman–Crippen MR) is 131 cm³/mol. The molecule has 170 valence electrons. The van der Waals surface area contributed by atoms with Gasteiger partial charge in [0.25, 0.3) is 0 Å². The summed E-state index contributed by atoms with van der Waals surface area (Å²) in [6.45, 7) is 7.81. The van der Waals surface area contributed by atoms with Gasteiger partial charge in [0.05, 0.1) is 18.3 Å². The van der Waals surface area contributed by atoms with Crippen LogP contribution in [-0.4, -0.2) is 51.0 Å². The van der Waals surface area contributed by atoms with Crippen LogP contribution in [0.1, 0.15) is 42.1 Å². The smallest absolute Gasteiger partial charge is 0.230 e. The minimum Gasteiger partial charge on any atom is -0.353 e. The van der Waals surface area contributed by atoms with Crippen LogP contribution in [0.5, 0.6) is 0 Å². The molecule has 0 saturated carbocycles. The molecule has 1 aromatic carbocycles. The first-order chi connectivity index (χ1) is 15.6. The molecule has 1 saturated heterocycles. The highest BCUT2D eigenvalue weighted by molar-refractivity contribution is 7.99. The monoisotopic (exact) mass is 469 g/mol. The first-order valence-electron chi connectivity index (χ1n) is 11.2. The Bertz CT molecular complexity index is 981. The molecule has 1 fully saturated rings. The number of amides is 1. The van der Waals surface area contributed by atoms with Crippen molar-refractivity contribution in [1.82, 2.24) is 25.0 Å². The predicted octanol–water partition coefficient (Wildman–Crippen LogP) is 4.38. The van der Waals surface area contributed by atoms with Gasteiger partial charge in [0.15, 0.2) is 5.16 Å². The second-order valence-electron chi connectivity index (χ2n) is 8.44. The first-order valence-corrected chi connectivity index (χ1v) is 13.1. The van der Waals surface area contributed by atoms with Gasteiger partial charge in [-0.1, -0.05) is 55.1 Å². The van der Waals surface area contributed by atoms with Crippen LogP contribution in [0.3, 0.4) is 0 Å². The number of aromatic nitrogens is 3. The van der Waals surface area contributed by atoms with E-state index >= 15 is 0 Å². The van der Waals surface area contributed by atoms with E-state index in [1.807, 2.05) is 25.1 Å². The quantitative estimate of drug-likeness (QED) is 0.471. The molecule has 1 unspecified atom stereocenters. The second kappa shape index (κ2) is 11.1. The van der Waals surface area contributed by atoms with Gasteiger partial charge in [-0.05, 0) is 55.8 Å². The van der Waals surface area contributed by atoms with Crippen LogP contribution in [0.4, 0.5) is 0 Å². The molecular formula is C24H31N5OS2. The Morgan fingerprint density at radius 1 is 1.19 bits per heavy atom. The second-order valence-corrected chi connectivity index (χ2v) is 10.4. The molecule has 0 aliphatic carbocycles. The number of rotatable bonds is 9. The number of likely N-dealkylation sites (tertiary alicyclic amines) is 1. The molecule has 1 N–H and O–H groups in total. The number of carbonyl (C=O) groups is 1. The molecule has 8 heteroatoms. The third-order valence-electron chi connectivity index (χ3n) is 6.04. The molecule has 1 aliphatic rings. The molecule has 1 amide bonds. The fraction of sp³-hybridized carbons (Fsp3) is 0.458. The summed E-state index contributed by atoms with van der Waals surface area (Å²) in [5, 5.41) is 14.6. The summed E-state index contributed by atoms with van der Waals surface area (Å²) >= 11 is 3.22. The van der Waals surface area contributed by atoms with Crippen molar-refractivity contribution in [2.45, 2.75) is 44.4 Å². The van der Waals surface area contributed by atoms with E-state index in [4.69, 9.17) is 0 Å². The van der Waals surface area contributed by atoms with E-state index in [1.165, 1.54) is 35.0 Å². The van der Waals surface area contributed by atoms with Gasteiger partial charge in [0.2, 0.25) is 5.91 Å². The van der Waals surface area contributed by atoms with Gasteiger partial charge in [0.1, 0.15) is 5.82 Å². The lowest BCUT2D eigenvalue weighted by Crippen LogP contribution is -2.42. The molecule has 1 aliphatic heterocycles. The zero-order valence-electron chi connectivity index (χ0n) is 18.7. The number of thiophene rings is 1. The number of nitrogens with one attached hydrogen (secondary N) is 1. The molecule has 3 heterocycles. The molecule has 3 aromatic rings. The Kier molecular flexibility index (Phi) is 8.00.